The summed E-state index contributed by atoms with van der Waals surface area (Å²) in [6.07, 6.45) is 0. The van der Waals surface area contributed by atoms with E-state index in [0.29, 0.717) is 17.9 Å². The molecule has 0 bridgehead atoms. The van der Waals surface area contributed by atoms with Crippen molar-refractivity contribution in [2.24, 2.45) is 0 Å². The lowest BCUT2D eigenvalue weighted by Crippen LogP contribution is -2.23. The van der Waals surface area contributed by atoms with Crippen molar-refractivity contribution in [3.8, 4) is 5.75 Å². The van der Waals surface area contributed by atoms with Crippen LogP contribution >= 0.6 is 0 Å². The lowest BCUT2D eigenvalue weighted by molar-refractivity contribution is 0.410. The molecule has 0 aliphatic heterocycles. The number of nitrogens with one attached hydrogen (secondary N) is 1. The van der Waals surface area contributed by atoms with Crippen LogP contribution < -0.4 is 10.1 Å². The Bertz CT molecular complexity index is 628. The standard InChI is InChI=1S/C17H19F2NO/c1-4-20-17(14-7-5-12(18)9-11(14)2)15-8-6-13(21-3)10-16(15)19/h5-10,17,20H,4H2,1-3H3. The highest BCUT2D eigenvalue weighted by molar-refractivity contribution is 5.40. The maximum atomic E-state index is 14.3. The fourth-order valence-electron chi connectivity index (χ4n) is 2.42. The van der Waals surface area contributed by atoms with Gasteiger partial charge in [-0.05, 0) is 42.8 Å². The summed E-state index contributed by atoms with van der Waals surface area (Å²) < 4.78 is 32.6. The summed E-state index contributed by atoms with van der Waals surface area (Å²) in [5.74, 6) is -0.159. The van der Waals surface area contributed by atoms with Gasteiger partial charge in [0.2, 0.25) is 0 Å². The minimum absolute atomic E-state index is 0.290. The summed E-state index contributed by atoms with van der Waals surface area (Å²) in [5.41, 5.74) is 2.17. The zero-order valence-electron chi connectivity index (χ0n) is 12.4. The van der Waals surface area contributed by atoms with Gasteiger partial charge in [0, 0.05) is 11.6 Å². The minimum atomic E-state index is -0.343. The number of halogens is 2. The van der Waals surface area contributed by atoms with Crippen molar-refractivity contribution >= 4 is 0 Å². The number of hydrogen-bond acceptors (Lipinski definition) is 2. The summed E-state index contributed by atoms with van der Waals surface area (Å²) in [6.45, 7) is 4.45. The molecule has 1 unspecified atom stereocenters. The van der Waals surface area contributed by atoms with E-state index in [1.165, 1.54) is 25.3 Å². The van der Waals surface area contributed by atoms with Gasteiger partial charge in [-0.25, -0.2) is 8.78 Å². The Morgan fingerprint density at radius 2 is 1.81 bits per heavy atom. The number of ether oxygens (including phenoxy) is 1. The highest BCUT2D eigenvalue weighted by atomic mass is 19.1. The average Bonchev–Trinajstić information content (AvgIpc) is 2.46. The van der Waals surface area contributed by atoms with Crippen LogP contribution in [-0.2, 0) is 0 Å². The Labute approximate surface area is 123 Å². The summed E-state index contributed by atoms with van der Waals surface area (Å²) in [7, 11) is 1.50. The maximum Gasteiger partial charge on any atom is 0.132 e. The molecule has 0 heterocycles. The molecule has 2 aromatic rings. The Morgan fingerprint density at radius 3 is 2.38 bits per heavy atom. The van der Waals surface area contributed by atoms with Crippen molar-refractivity contribution in [1.29, 1.82) is 0 Å². The van der Waals surface area contributed by atoms with Gasteiger partial charge in [-0.1, -0.05) is 19.1 Å². The van der Waals surface area contributed by atoms with E-state index in [2.05, 4.69) is 5.32 Å². The molecule has 0 saturated carbocycles. The predicted octanol–water partition coefficient (Wildman–Crippen LogP) is 3.98. The fourth-order valence-corrected chi connectivity index (χ4v) is 2.42. The average molecular weight is 291 g/mol. The number of rotatable bonds is 5. The first kappa shape index (κ1) is 15.4. The lowest BCUT2D eigenvalue weighted by Gasteiger charge is -2.22. The molecule has 2 rings (SSSR count). The van der Waals surface area contributed by atoms with E-state index in [-0.39, 0.29) is 17.7 Å². The van der Waals surface area contributed by atoms with Crippen LogP contribution in [0.15, 0.2) is 36.4 Å². The van der Waals surface area contributed by atoms with Crippen molar-refractivity contribution in [1.82, 2.24) is 5.32 Å². The second kappa shape index (κ2) is 6.68. The van der Waals surface area contributed by atoms with Gasteiger partial charge in [-0.15, -0.1) is 0 Å². The second-order valence-electron chi connectivity index (χ2n) is 4.88. The van der Waals surface area contributed by atoms with Crippen molar-refractivity contribution in [2.45, 2.75) is 19.9 Å². The first-order valence-electron chi connectivity index (χ1n) is 6.89. The topological polar surface area (TPSA) is 21.3 Å². The van der Waals surface area contributed by atoms with Gasteiger partial charge in [0.15, 0.2) is 0 Å². The molecule has 2 nitrogen and oxygen atoms in total. The van der Waals surface area contributed by atoms with Crippen LogP contribution in [0.4, 0.5) is 8.78 Å². The van der Waals surface area contributed by atoms with Crippen molar-refractivity contribution in [2.75, 3.05) is 13.7 Å². The van der Waals surface area contributed by atoms with Gasteiger partial charge >= 0.3 is 0 Å². The van der Waals surface area contributed by atoms with Crippen LogP contribution in [0.25, 0.3) is 0 Å². The Kier molecular flexibility index (Phi) is 4.91. The molecule has 2 aromatic carbocycles. The Hall–Kier alpha value is -1.94. The third-order valence-corrected chi connectivity index (χ3v) is 3.47. The molecular formula is C17H19F2NO. The highest BCUT2D eigenvalue weighted by Crippen LogP contribution is 2.29. The summed E-state index contributed by atoms with van der Waals surface area (Å²) in [5, 5.41) is 3.25. The number of methoxy groups -OCH3 is 1. The van der Waals surface area contributed by atoms with Crippen LogP contribution in [0.3, 0.4) is 0 Å². The molecule has 0 aliphatic carbocycles. The number of aryl methyl sites for hydroxylation is 1. The summed E-state index contributed by atoms with van der Waals surface area (Å²) in [4.78, 5) is 0. The molecule has 0 radical (unpaired) electrons. The molecule has 0 amide bonds. The van der Waals surface area contributed by atoms with E-state index in [0.717, 1.165) is 11.1 Å². The first-order valence-corrected chi connectivity index (χ1v) is 6.89. The monoisotopic (exact) mass is 291 g/mol. The third kappa shape index (κ3) is 3.39. The van der Waals surface area contributed by atoms with Gasteiger partial charge in [0.1, 0.15) is 17.4 Å². The summed E-state index contributed by atoms with van der Waals surface area (Å²) >= 11 is 0. The van der Waals surface area contributed by atoms with Crippen LogP contribution in [0.1, 0.15) is 29.7 Å². The molecule has 1 N–H and O–H groups in total. The molecule has 0 aromatic heterocycles. The van der Waals surface area contributed by atoms with Gasteiger partial charge in [-0.3, -0.25) is 0 Å². The van der Waals surface area contributed by atoms with Gasteiger partial charge in [0.25, 0.3) is 0 Å². The summed E-state index contributed by atoms with van der Waals surface area (Å²) in [6, 6.07) is 9.02. The van der Waals surface area contributed by atoms with Crippen LogP contribution in [-0.4, -0.2) is 13.7 Å². The Morgan fingerprint density at radius 1 is 1.10 bits per heavy atom. The molecule has 0 fully saturated rings. The molecular weight excluding hydrogens is 272 g/mol. The normalized spacial score (nSPS) is 12.2. The van der Waals surface area contributed by atoms with Gasteiger partial charge < -0.3 is 10.1 Å². The van der Waals surface area contributed by atoms with Crippen molar-refractivity contribution < 1.29 is 13.5 Å². The molecule has 112 valence electrons. The largest absolute Gasteiger partial charge is 0.497 e. The zero-order valence-corrected chi connectivity index (χ0v) is 12.4. The SMILES string of the molecule is CCNC(c1ccc(F)cc1C)c1ccc(OC)cc1F. The lowest BCUT2D eigenvalue weighted by atomic mass is 9.94. The molecule has 1 atom stereocenters. The van der Waals surface area contributed by atoms with E-state index in [1.807, 2.05) is 13.8 Å². The second-order valence-corrected chi connectivity index (χ2v) is 4.88. The zero-order chi connectivity index (χ0) is 15.4. The molecule has 4 heteroatoms. The first-order chi connectivity index (χ1) is 10.1. The number of hydrogen-bond donors (Lipinski definition) is 1. The van der Waals surface area contributed by atoms with Crippen LogP contribution in [0.5, 0.6) is 5.75 Å². The van der Waals surface area contributed by atoms with Crippen LogP contribution in [0.2, 0.25) is 0 Å². The van der Waals surface area contributed by atoms with E-state index in [4.69, 9.17) is 4.74 Å². The highest BCUT2D eigenvalue weighted by Gasteiger charge is 2.19. The van der Waals surface area contributed by atoms with Crippen molar-refractivity contribution in [3.63, 3.8) is 0 Å². The molecule has 21 heavy (non-hydrogen) atoms. The molecule has 0 aliphatic rings. The third-order valence-electron chi connectivity index (χ3n) is 3.47. The van der Waals surface area contributed by atoms with E-state index in [9.17, 15) is 8.78 Å². The van der Waals surface area contributed by atoms with E-state index >= 15 is 0 Å². The van der Waals surface area contributed by atoms with Gasteiger partial charge in [-0.2, -0.15) is 0 Å². The predicted molar refractivity (Wildman–Crippen MR) is 79.6 cm³/mol. The Balaban J connectivity index is 2.48. The van der Waals surface area contributed by atoms with E-state index < -0.39 is 0 Å². The van der Waals surface area contributed by atoms with Crippen molar-refractivity contribution in [3.05, 3.63) is 64.7 Å². The van der Waals surface area contributed by atoms with Gasteiger partial charge in [0.05, 0.1) is 13.2 Å². The smallest absolute Gasteiger partial charge is 0.132 e. The van der Waals surface area contributed by atoms with Crippen LogP contribution in [0, 0.1) is 18.6 Å². The fraction of sp³-hybridized carbons (Fsp3) is 0.294. The van der Waals surface area contributed by atoms with E-state index in [1.54, 1.807) is 18.2 Å². The molecule has 0 spiro atoms. The minimum Gasteiger partial charge on any atom is -0.497 e. The molecule has 0 saturated heterocycles. The maximum absolute atomic E-state index is 14.3. The quantitative estimate of drug-likeness (QED) is 0.899. The number of benzene rings is 2.